The number of fused-ring (bicyclic) bond motifs is 1. The van der Waals surface area contributed by atoms with Gasteiger partial charge in [-0.05, 0) is 52.0 Å². The first-order valence-electron chi connectivity index (χ1n) is 8.59. The van der Waals surface area contributed by atoms with E-state index in [1.54, 1.807) is 0 Å². The van der Waals surface area contributed by atoms with Gasteiger partial charge in [-0.1, -0.05) is 30.3 Å². The van der Waals surface area contributed by atoms with Crippen LogP contribution in [-0.2, 0) is 17.6 Å². The maximum atomic E-state index is 13.1. The number of hydrogen-bond acceptors (Lipinski definition) is 4. The van der Waals surface area contributed by atoms with Crippen molar-refractivity contribution in [1.82, 2.24) is 0 Å². The maximum Gasteiger partial charge on any atom is 0.412 e. The molecule has 1 N–H and O–H groups in total. The number of ketones is 1. The summed E-state index contributed by atoms with van der Waals surface area (Å²) in [6.07, 6.45) is 3.53. The Morgan fingerprint density at radius 1 is 1.08 bits per heavy atom. The summed E-state index contributed by atoms with van der Waals surface area (Å²) < 4.78 is 5.36. The van der Waals surface area contributed by atoms with Gasteiger partial charge in [0.25, 0.3) is 0 Å². The van der Waals surface area contributed by atoms with Crippen LogP contribution in [-0.4, -0.2) is 17.5 Å². The third-order valence-electron chi connectivity index (χ3n) is 4.05. The zero-order valence-corrected chi connectivity index (χ0v) is 15.7. The van der Waals surface area contributed by atoms with Crippen LogP contribution in [0.4, 0.5) is 9.80 Å². The molecule has 2 aromatic rings. The summed E-state index contributed by atoms with van der Waals surface area (Å²) in [5.41, 5.74) is 1.79. The van der Waals surface area contributed by atoms with E-state index in [1.807, 2.05) is 51.1 Å². The van der Waals surface area contributed by atoms with Crippen LogP contribution in [0.5, 0.6) is 0 Å². The SMILES string of the molecule is CC(C)(C)OC(=O)Nc1sc2c(c1C(=O)c1ccccc1)CCCC2. The Labute approximate surface area is 152 Å². The second-order valence-electron chi connectivity index (χ2n) is 7.24. The predicted octanol–water partition coefficient (Wildman–Crippen LogP) is 5.20. The van der Waals surface area contributed by atoms with E-state index in [0.717, 1.165) is 31.2 Å². The highest BCUT2D eigenvalue weighted by Gasteiger charge is 2.28. The first kappa shape index (κ1) is 17.7. The van der Waals surface area contributed by atoms with E-state index in [1.165, 1.54) is 16.2 Å². The number of ether oxygens (including phenoxy) is 1. The first-order valence-corrected chi connectivity index (χ1v) is 9.41. The average molecular weight is 357 g/mol. The molecule has 1 heterocycles. The van der Waals surface area contributed by atoms with Crippen LogP contribution in [0.1, 0.15) is 60.0 Å². The molecule has 0 spiro atoms. The fourth-order valence-electron chi connectivity index (χ4n) is 3.02. The highest BCUT2D eigenvalue weighted by Crippen LogP contribution is 2.39. The zero-order chi connectivity index (χ0) is 18.0. The molecule has 0 fully saturated rings. The molecule has 1 aliphatic carbocycles. The standard InChI is InChI=1S/C20H23NO3S/c1-20(2,3)24-19(23)21-18-16(14-11-7-8-12-15(14)25-18)17(22)13-9-5-4-6-10-13/h4-6,9-10H,7-8,11-12H2,1-3H3,(H,21,23). The molecule has 4 nitrogen and oxygen atoms in total. The van der Waals surface area contributed by atoms with Crippen LogP contribution >= 0.6 is 11.3 Å². The largest absolute Gasteiger partial charge is 0.444 e. The Morgan fingerprint density at radius 3 is 2.44 bits per heavy atom. The molecule has 25 heavy (non-hydrogen) atoms. The molecule has 0 atom stereocenters. The van der Waals surface area contributed by atoms with Crippen molar-refractivity contribution in [3.8, 4) is 0 Å². The summed E-state index contributed by atoms with van der Waals surface area (Å²) in [4.78, 5) is 26.5. The zero-order valence-electron chi connectivity index (χ0n) is 14.8. The number of aryl methyl sites for hydroxylation is 1. The molecule has 3 rings (SSSR count). The lowest BCUT2D eigenvalue weighted by Gasteiger charge is -2.19. The minimum atomic E-state index is -0.579. The number of carbonyl (C=O) groups excluding carboxylic acids is 2. The van der Waals surface area contributed by atoms with Crippen molar-refractivity contribution in [3.05, 3.63) is 51.9 Å². The van der Waals surface area contributed by atoms with E-state index < -0.39 is 11.7 Å². The predicted molar refractivity (Wildman–Crippen MR) is 101 cm³/mol. The van der Waals surface area contributed by atoms with Crippen molar-refractivity contribution >= 4 is 28.2 Å². The van der Waals surface area contributed by atoms with Crippen LogP contribution in [0.2, 0.25) is 0 Å². The Hall–Kier alpha value is -2.14. The van der Waals surface area contributed by atoms with Crippen molar-refractivity contribution in [2.75, 3.05) is 5.32 Å². The van der Waals surface area contributed by atoms with Gasteiger partial charge < -0.3 is 4.74 Å². The lowest BCUT2D eigenvalue weighted by atomic mass is 9.92. The number of amides is 1. The molecule has 1 aromatic heterocycles. The van der Waals surface area contributed by atoms with E-state index in [9.17, 15) is 9.59 Å². The molecule has 1 aromatic carbocycles. The molecule has 0 unspecified atom stereocenters. The van der Waals surface area contributed by atoms with Crippen LogP contribution in [0.25, 0.3) is 0 Å². The van der Waals surface area contributed by atoms with Crippen LogP contribution in [0.15, 0.2) is 30.3 Å². The number of thiophene rings is 1. The van der Waals surface area contributed by atoms with Gasteiger partial charge in [-0.2, -0.15) is 0 Å². The minimum absolute atomic E-state index is 0.0361. The molecule has 132 valence electrons. The third-order valence-corrected chi connectivity index (χ3v) is 5.26. The third kappa shape index (κ3) is 4.10. The number of nitrogens with one attached hydrogen (secondary N) is 1. The molecule has 5 heteroatoms. The summed E-state index contributed by atoms with van der Waals surface area (Å²) in [7, 11) is 0. The van der Waals surface area contributed by atoms with Crippen molar-refractivity contribution in [2.24, 2.45) is 0 Å². The minimum Gasteiger partial charge on any atom is -0.444 e. The van der Waals surface area contributed by atoms with Gasteiger partial charge in [-0.3, -0.25) is 10.1 Å². The Balaban J connectivity index is 1.96. The van der Waals surface area contributed by atoms with Gasteiger partial charge in [-0.15, -0.1) is 11.3 Å². The molecular formula is C20H23NO3S. The number of rotatable bonds is 3. The maximum absolute atomic E-state index is 13.1. The summed E-state index contributed by atoms with van der Waals surface area (Å²) in [5, 5.41) is 3.42. The normalized spacial score (nSPS) is 13.9. The van der Waals surface area contributed by atoms with Crippen LogP contribution < -0.4 is 5.32 Å². The lowest BCUT2D eigenvalue weighted by molar-refractivity contribution is 0.0636. The van der Waals surface area contributed by atoms with Gasteiger partial charge in [0, 0.05) is 10.4 Å². The van der Waals surface area contributed by atoms with Gasteiger partial charge >= 0.3 is 6.09 Å². The van der Waals surface area contributed by atoms with Crippen molar-refractivity contribution in [3.63, 3.8) is 0 Å². The molecule has 0 saturated heterocycles. The lowest BCUT2D eigenvalue weighted by Crippen LogP contribution is -2.27. The first-order chi connectivity index (χ1) is 11.8. The molecular weight excluding hydrogens is 334 g/mol. The average Bonchev–Trinajstić information content (AvgIpc) is 2.90. The van der Waals surface area contributed by atoms with E-state index in [-0.39, 0.29) is 5.78 Å². The number of benzene rings is 1. The van der Waals surface area contributed by atoms with E-state index in [4.69, 9.17) is 4.74 Å². The number of hydrogen-bond donors (Lipinski definition) is 1. The summed E-state index contributed by atoms with van der Waals surface area (Å²) in [6.45, 7) is 5.46. The van der Waals surface area contributed by atoms with Gasteiger partial charge in [0.05, 0.1) is 5.56 Å². The fourth-order valence-corrected chi connectivity index (χ4v) is 4.30. The van der Waals surface area contributed by atoms with Gasteiger partial charge in [-0.25, -0.2) is 4.79 Å². The van der Waals surface area contributed by atoms with E-state index in [0.29, 0.717) is 16.1 Å². The molecule has 0 radical (unpaired) electrons. The smallest absolute Gasteiger partial charge is 0.412 e. The summed E-state index contributed by atoms with van der Waals surface area (Å²) in [5.74, 6) is -0.0361. The molecule has 1 amide bonds. The summed E-state index contributed by atoms with van der Waals surface area (Å²) in [6, 6.07) is 9.22. The van der Waals surface area contributed by atoms with E-state index in [2.05, 4.69) is 5.32 Å². The van der Waals surface area contributed by atoms with Crippen LogP contribution in [0.3, 0.4) is 0 Å². The quantitative estimate of drug-likeness (QED) is 0.768. The highest BCUT2D eigenvalue weighted by molar-refractivity contribution is 7.17. The number of anilines is 1. The van der Waals surface area contributed by atoms with Gasteiger partial charge in [0.15, 0.2) is 5.78 Å². The monoisotopic (exact) mass is 357 g/mol. The fraction of sp³-hybridized carbons (Fsp3) is 0.400. The van der Waals surface area contributed by atoms with Crippen molar-refractivity contribution in [1.29, 1.82) is 0 Å². The van der Waals surface area contributed by atoms with E-state index >= 15 is 0 Å². The summed E-state index contributed by atoms with van der Waals surface area (Å²) >= 11 is 1.51. The van der Waals surface area contributed by atoms with Crippen molar-refractivity contribution < 1.29 is 14.3 Å². The molecule has 1 aliphatic rings. The second kappa shape index (κ2) is 7.00. The van der Waals surface area contributed by atoms with Crippen molar-refractivity contribution in [2.45, 2.75) is 52.1 Å². The molecule has 0 aliphatic heterocycles. The van der Waals surface area contributed by atoms with Gasteiger partial charge in [0.2, 0.25) is 0 Å². The Morgan fingerprint density at radius 2 is 1.76 bits per heavy atom. The topological polar surface area (TPSA) is 55.4 Å². The van der Waals surface area contributed by atoms with Gasteiger partial charge in [0.1, 0.15) is 10.6 Å². The second-order valence-corrected chi connectivity index (χ2v) is 8.34. The molecule has 0 bridgehead atoms. The number of carbonyl (C=O) groups is 2. The Bertz CT molecular complexity index is 787. The van der Waals surface area contributed by atoms with Crippen LogP contribution in [0, 0.1) is 0 Å². The Kier molecular flexibility index (Phi) is 4.95. The molecule has 0 saturated carbocycles. The highest BCUT2D eigenvalue weighted by atomic mass is 32.1.